The lowest BCUT2D eigenvalue weighted by Crippen LogP contribution is -2.23. The van der Waals surface area contributed by atoms with Gasteiger partial charge in [-0.1, -0.05) is 60.1 Å². The average Bonchev–Trinajstić information content (AvgIpc) is 2.48. The van der Waals surface area contributed by atoms with E-state index in [9.17, 15) is 5.11 Å². The Kier molecular flexibility index (Phi) is 6.06. The number of aliphatic hydroxyl groups excluding tert-OH is 1. The monoisotopic (exact) mass is 289 g/mol. The van der Waals surface area contributed by atoms with Crippen LogP contribution in [0.1, 0.15) is 23.7 Å². The maximum Gasteiger partial charge on any atom is 0.0928 e. The number of nitrogens with one attached hydrogen (secondary N) is 1. The molecule has 0 aliphatic carbocycles. The van der Waals surface area contributed by atoms with E-state index in [2.05, 4.69) is 29.6 Å². The van der Waals surface area contributed by atoms with Crippen molar-refractivity contribution in [2.24, 2.45) is 0 Å². The van der Waals surface area contributed by atoms with Crippen LogP contribution in [0, 0.1) is 0 Å². The standard InChI is InChI=1S/C17H20ClNO/c18-16-11-5-4-10-15(16)17(20)13-19-12-6-9-14-7-2-1-3-8-14/h1-5,7-8,10-11,17,19-20H,6,9,12-13H2. The van der Waals surface area contributed by atoms with Crippen molar-refractivity contribution in [1.29, 1.82) is 0 Å². The summed E-state index contributed by atoms with van der Waals surface area (Å²) < 4.78 is 0. The molecule has 0 radical (unpaired) electrons. The molecule has 0 saturated heterocycles. The van der Waals surface area contributed by atoms with Gasteiger partial charge in [-0.3, -0.25) is 0 Å². The van der Waals surface area contributed by atoms with Crippen LogP contribution in [0.2, 0.25) is 5.02 Å². The molecule has 2 aromatic rings. The van der Waals surface area contributed by atoms with Crippen molar-refractivity contribution >= 4 is 11.6 Å². The van der Waals surface area contributed by atoms with E-state index < -0.39 is 6.10 Å². The zero-order valence-corrected chi connectivity index (χ0v) is 12.2. The van der Waals surface area contributed by atoms with Crippen molar-refractivity contribution in [3.8, 4) is 0 Å². The van der Waals surface area contributed by atoms with E-state index in [0.717, 1.165) is 24.9 Å². The molecule has 2 nitrogen and oxygen atoms in total. The lowest BCUT2D eigenvalue weighted by Gasteiger charge is -2.13. The molecule has 0 fully saturated rings. The molecule has 0 amide bonds. The first-order valence-electron chi connectivity index (χ1n) is 6.94. The number of aryl methyl sites for hydroxylation is 1. The minimum Gasteiger partial charge on any atom is -0.387 e. The first-order chi connectivity index (χ1) is 9.77. The van der Waals surface area contributed by atoms with Crippen LogP contribution in [0.25, 0.3) is 0 Å². The first kappa shape index (κ1) is 15.0. The highest BCUT2D eigenvalue weighted by atomic mass is 35.5. The van der Waals surface area contributed by atoms with Crippen molar-refractivity contribution in [3.05, 3.63) is 70.7 Å². The number of aliphatic hydroxyl groups is 1. The number of rotatable bonds is 7. The van der Waals surface area contributed by atoms with Gasteiger partial charge in [-0.15, -0.1) is 0 Å². The Morgan fingerprint density at radius 3 is 2.45 bits per heavy atom. The van der Waals surface area contributed by atoms with Gasteiger partial charge >= 0.3 is 0 Å². The Balaban J connectivity index is 1.67. The third kappa shape index (κ3) is 4.64. The Labute approximate surface area is 125 Å². The number of hydrogen-bond donors (Lipinski definition) is 2. The summed E-state index contributed by atoms with van der Waals surface area (Å²) in [6.45, 7) is 1.41. The van der Waals surface area contributed by atoms with E-state index in [1.807, 2.05) is 24.3 Å². The van der Waals surface area contributed by atoms with Crippen LogP contribution in [0.5, 0.6) is 0 Å². The molecule has 0 aromatic heterocycles. The van der Waals surface area contributed by atoms with Crippen molar-refractivity contribution in [2.45, 2.75) is 18.9 Å². The number of hydrogen-bond acceptors (Lipinski definition) is 2. The van der Waals surface area contributed by atoms with Crippen LogP contribution in [0.3, 0.4) is 0 Å². The van der Waals surface area contributed by atoms with Crippen LogP contribution in [-0.4, -0.2) is 18.2 Å². The van der Waals surface area contributed by atoms with Crippen molar-refractivity contribution < 1.29 is 5.11 Å². The molecule has 106 valence electrons. The lowest BCUT2D eigenvalue weighted by atomic mass is 10.1. The summed E-state index contributed by atoms with van der Waals surface area (Å²) in [6.07, 6.45) is 1.55. The van der Waals surface area contributed by atoms with Crippen molar-refractivity contribution in [1.82, 2.24) is 5.32 Å². The van der Waals surface area contributed by atoms with Gasteiger partial charge in [0.2, 0.25) is 0 Å². The molecule has 0 saturated carbocycles. The predicted molar refractivity (Wildman–Crippen MR) is 84.0 cm³/mol. The van der Waals surface area contributed by atoms with Crippen LogP contribution in [0.15, 0.2) is 54.6 Å². The fourth-order valence-corrected chi connectivity index (χ4v) is 2.42. The molecular formula is C17H20ClNO. The topological polar surface area (TPSA) is 32.3 Å². The second-order valence-electron chi connectivity index (χ2n) is 4.83. The molecule has 0 spiro atoms. The van der Waals surface area contributed by atoms with Crippen LogP contribution >= 0.6 is 11.6 Å². The third-order valence-corrected chi connectivity index (χ3v) is 3.61. The van der Waals surface area contributed by atoms with Crippen molar-refractivity contribution in [3.63, 3.8) is 0 Å². The molecule has 0 heterocycles. The summed E-state index contributed by atoms with van der Waals surface area (Å²) in [5.74, 6) is 0. The van der Waals surface area contributed by atoms with Gasteiger partial charge in [0, 0.05) is 17.1 Å². The predicted octanol–water partition coefficient (Wildman–Crippen LogP) is 3.60. The Bertz CT molecular complexity index is 515. The van der Waals surface area contributed by atoms with Gasteiger partial charge in [0.25, 0.3) is 0 Å². The lowest BCUT2D eigenvalue weighted by molar-refractivity contribution is 0.175. The highest BCUT2D eigenvalue weighted by Crippen LogP contribution is 2.21. The minimum atomic E-state index is -0.555. The molecule has 3 heteroatoms. The summed E-state index contributed by atoms with van der Waals surface area (Å²) in [4.78, 5) is 0. The first-order valence-corrected chi connectivity index (χ1v) is 7.32. The van der Waals surface area contributed by atoms with E-state index in [1.165, 1.54) is 5.56 Å². The minimum absolute atomic E-state index is 0.526. The largest absolute Gasteiger partial charge is 0.387 e. The highest BCUT2D eigenvalue weighted by Gasteiger charge is 2.09. The van der Waals surface area contributed by atoms with Gasteiger partial charge < -0.3 is 10.4 Å². The second kappa shape index (κ2) is 8.05. The van der Waals surface area contributed by atoms with E-state index in [0.29, 0.717) is 11.6 Å². The van der Waals surface area contributed by atoms with Crippen LogP contribution in [0.4, 0.5) is 0 Å². The summed E-state index contributed by atoms with van der Waals surface area (Å²) >= 11 is 6.05. The molecule has 0 aliphatic heterocycles. The van der Waals surface area contributed by atoms with Crippen molar-refractivity contribution in [2.75, 3.05) is 13.1 Å². The molecule has 20 heavy (non-hydrogen) atoms. The van der Waals surface area contributed by atoms with E-state index in [1.54, 1.807) is 6.07 Å². The molecule has 2 rings (SSSR count). The average molecular weight is 290 g/mol. The van der Waals surface area contributed by atoms with Gasteiger partial charge in [0.05, 0.1) is 6.10 Å². The van der Waals surface area contributed by atoms with Gasteiger partial charge in [0.15, 0.2) is 0 Å². The van der Waals surface area contributed by atoms with Gasteiger partial charge in [-0.2, -0.15) is 0 Å². The molecule has 2 aromatic carbocycles. The van der Waals surface area contributed by atoms with Gasteiger partial charge in [-0.05, 0) is 31.0 Å². The Morgan fingerprint density at radius 1 is 1.00 bits per heavy atom. The fourth-order valence-electron chi connectivity index (χ4n) is 2.16. The quantitative estimate of drug-likeness (QED) is 0.764. The molecule has 1 unspecified atom stereocenters. The van der Waals surface area contributed by atoms with Gasteiger partial charge in [0.1, 0.15) is 0 Å². The van der Waals surface area contributed by atoms with Crippen LogP contribution in [-0.2, 0) is 6.42 Å². The van der Waals surface area contributed by atoms with E-state index in [4.69, 9.17) is 11.6 Å². The zero-order valence-electron chi connectivity index (χ0n) is 11.4. The molecule has 0 aliphatic rings. The Morgan fingerprint density at radius 2 is 1.70 bits per heavy atom. The summed E-state index contributed by atoms with van der Waals surface area (Å²) in [5.41, 5.74) is 2.13. The molecule has 1 atom stereocenters. The SMILES string of the molecule is OC(CNCCCc1ccccc1)c1ccccc1Cl. The normalized spacial score (nSPS) is 12.3. The second-order valence-corrected chi connectivity index (χ2v) is 5.24. The number of halogens is 1. The zero-order chi connectivity index (χ0) is 14.2. The Hall–Kier alpha value is -1.35. The van der Waals surface area contributed by atoms with E-state index in [-0.39, 0.29) is 0 Å². The summed E-state index contributed by atoms with van der Waals surface area (Å²) in [5, 5.41) is 14.0. The smallest absolute Gasteiger partial charge is 0.0928 e. The van der Waals surface area contributed by atoms with Gasteiger partial charge in [-0.25, -0.2) is 0 Å². The maximum atomic E-state index is 10.1. The molecule has 2 N–H and O–H groups in total. The number of benzene rings is 2. The fraction of sp³-hybridized carbons (Fsp3) is 0.294. The molecule has 0 bridgehead atoms. The highest BCUT2D eigenvalue weighted by molar-refractivity contribution is 6.31. The molecular weight excluding hydrogens is 270 g/mol. The summed E-state index contributed by atoms with van der Waals surface area (Å²) in [7, 11) is 0. The third-order valence-electron chi connectivity index (χ3n) is 3.26. The maximum absolute atomic E-state index is 10.1. The van der Waals surface area contributed by atoms with E-state index >= 15 is 0 Å². The van der Waals surface area contributed by atoms with Crippen LogP contribution < -0.4 is 5.32 Å². The summed E-state index contributed by atoms with van der Waals surface area (Å²) in [6, 6.07) is 17.8.